The molecule has 0 bridgehead atoms. The number of aromatic nitrogens is 3. The first-order valence-electron chi connectivity index (χ1n) is 16.7. The van der Waals surface area contributed by atoms with Crippen LogP contribution in [0.15, 0.2) is 164 Å². The summed E-state index contributed by atoms with van der Waals surface area (Å²) >= 11 is 1.89. The average molecular weight is 846 g/mol. The standard InChI is InChI=1S/C35H19N2S.C11H8N.Ir/c1-2-8-21(9-3-1)22-14-16-31-27(18-22)33-32(38-31)20-25-24-10-4-5-12-29(24)37-30-15-13-23(28-11-6-7-17-36-28)19-26(30)34(33)35(25)37;1-2-6-10(7-3-1)11-8-4-5-9-12-11;/h1-12,14-20H;1-6,8-9H;/q2*-1;. The van der Waals surface area contributed by atoms with Crippen molar-refractivity contribution in [1.82, 2.24) is 14.4 Å². The van der Waals surface area contributed by atoms with Crippen molar-refractivity contribution in [2.24, 2.45) is 0 Å². The normalized spacial score (nSPS) is 11.4. The molecular formula is C46H27IrN3S-2. The van der Waals surface area contributed by atoms with Crippen LogP contribution in [0.2, 0.25) is 0 Å². The smallest absolute Gasteiger partial charge is 0.0524 e. The monoisotopic (exact) mass is 846 g/mol. The van der Waals surface area contributed by atoms with Crippen LogP contribution in [0, 0.1) is 12.1 Å². The van der Waals surface area contributed by atoms with Crippen molar-refractivity contribution in [3.63, 3.8) is 0 Å². The maximum atomic E-state index is 4.62. The summed E-state index contributed by atoms with van der Waals surface area (Å²) < 4.78 is 5.09. The molecule has 0 spiro atoms. The van der Waals surface area contributed by atoms with Crippen LogP contribution in [0.3, 0.4) is 0 Å². The fraction of sp³-hybridized carbons (Fsp3) is 0. The Balaban J connectivity index is 0.000000228. The number of nitrogens with zero attached hydrogens (tertiary/aromatic N) is 3. The van der Waals surface area contributed by atoms with E-state index in [1.54, 1.807) is 6.20 Å². The third-order valence-electron chi connectivity index (χ3n) is 9.53. The Morgan fingerprint density at radius 2 is 1.24 bits per heavy atom. The molecule has 6 aromatic carbocycles. The number of thiophene rings is 1. The molecule has 0 amide bonds. The Bertz CT molecular complexity index is 2920. The molecule has 3 nitrogen and oxygen atoms in total. The third-order valence-corrected chi connectivity index (χ3v) is 10.6. The molecule has 5 heterocycles. The molecule has 0 aliphatic rings. The van der Waals surface area contributed by atoms with Gasteiger partial charge in [-0.2, -0.15) is 0 Å². The van der Waals surface area contributed by atoms with Gasteiger partial charge in [-0.25, -0.2) is 0 Å². The molecule has 243 valence electrons. The minimum absolute atomic E-state index is 0. The van der Waals surface area contributed by atoms with Crippen molar-refractivity contribution < 1.29 is 20.1 Å². The van der Waals surface area contributed by atoms with Crippen LogP contribution < -0.4 is 0 Å². The second kappa shape index (κ2) is 12.9. The van der Waals surface area contributed by atoms with Gasteiger partial charge in [0.25, 0.3) is 0 Å². The van der Waals surface area contributed by atoms with E-state index in [0.29, 0.717) is 0 Å². The zero-order valence-electron chi connectivity index (χ0n) is 27.2. The molecule has 11 aromatic rings. The maximum Gasteiger partial charge on any atom is 0.0524 e. The van der Waals surface area contributed by atoms with E-state index < -0.39 is 0 Å². The molecular weight excluding hydrogens is 819 g/mol. The van der Waals surface area contributed by atoms with Crippen LogP contribution in [0.25, 0.3) is 91.9 Å². The predicted molar refractivity (Wildman–Crippen MR) is 210 cm³/mol. The number of benzene rings is 6. The molecule has 0 unspecified atom stereocenters. The van der Waals surface area contributed by atoms with Gasteiger partial charge >= 0.3 is 0 Å². The minimum atomic E-state index is 0. The van der Waals surface area contributed by atoms with Crippen LogP contribution in [0.5, 0.6) is 0 Å². The average Bonchev–Trinajstić information content (AvgIpc) is 3.85. The SMILES string of the molecule is [Ir].[c-]1cc2c(cc1-c1ccccn1)c1c3c(cc4c5ccccc5n2c41)sc1ccc(-c2ccccc2)cc13.[c-]1ccccc1-c1ccccn1. The van der Waals surface area contributed by atoms with Crippen LogP contribution in [0.1, 0.15) is 0 Å². The molecule has 11 rings (SSSR count). The van der Waals surface area contributed by atoms with E-state index in [2.05, 4.69) is 124 Å². The fourth-order valence-corrected chi connectivity index (χ4v) is 8.45. The summed E-state index contributed by atoms with van der Waals surface area (Å²) in [5.74, 6) is 0. The van der Waals surface area contributed by atoms with Crippen LogP contribution in [-0.2, 0) is 20.1 Å². The molecule has 51 heavy (non-hydrogen) atoms. The van der Waals surface area contributed by atoms with Crippen molar-refractivity contribution in [2.45, 2.75) is 0 Å². The number of rotatable bonds is 3. The van der Waals surface area contributed by atoms with E-state index in [9.17, 15) is 0 Å². The molecule has 0 aliphatic carbocycles. The van der Waals surface area contributed by atoms with E-state index in [0.717, 1.165) is 22.5 Å². The summed E-state index contributed by atoms with van der Waals surface area (Å²) in [7, 11) is 0. The molecule has 0 fully saturated rings. The number of hydrogen-bond donors (Lipinski definition) is 0. The first-order valence-corrected chi connectivity index (χ1v) is 17.5. The molecule has 1 radical (unpaired) electrons. The second-order valence-electron chi connectivity index (χ2n) is 12.4. The van der Waals surface area contributed by atoms with Gasteiger partial charge in [-0.05, 0) is 69.8 Å². The second-order valence-corrected chi connectivity index (χ2v) is 13.5. The zero-order chi connectivity index (χ0) is 33.0. The zero-order valence-corrected chi connectivity index (χ0v) is 30.4. The third kappa shape index (κ3) is 5.21. The maximum absolute atomic E-state index is 4.62. The van der Waals surface area contributed by atoms with Gasteiger partial charge in [-0.3, -0.25) is 0 Å². The van der Waals surface area contributed by atoms with Crippen molar-refractivity contribution in [1.29, 1.82) is 0 Å². The Morgan fingerprint density at radius 1 is 0.490 bits per heavy atom. The molecule has 5 aromatic heterocycles. The van der Waals surface area contributed by atoms with Gasteiger partial charge in [0.2, 0.25) is 0 Å². The summed E-state index contributed by atoms with van der Waals surface area (Å²) in [5.41, 5.74) is 10.2. The predicted octanol–water partition coefficient (Wildman–Crippen LogP) is 12.3. The molecule has 0 saturated carbocycles. The van der Waals surface area contributed by atoms with Gasteiger partial charge < -0.3 is 14.4 Å². The van der Waals surface area contributed by atoms with Crippen molar-refractivity contribution in [2.75, 3.05) is 0 Å². The van der Waals surface area contributed by atoms with E-state index in [1.807, 2.05) is 72.1 Å². The van der Waals surface area contributed by atoms with Crippen molar-refractivity contribution >= 4 is 69.6 Å². The quantitative estimate of drug-likeness (QED) is 0.166. The number of pyridine rings is 2. The molecule has 0 N–H and O–H groups in total. The molecule has 0 aliphatic heterocycles. The molecule has 0 saturated heterocycles. The topological polar surface area (TPSA) is 30.2 Å². The summed E-state index contributed by atoms with van der Waals surface area (Å²) in [4.78, 5) is 8.84. The van der Waals surface area contributed by atoms with Gasteiger partial charge in [0.1, 0.15) is 0 Å². The first-order chi connectivity index (χ1) is 24.8. The minimum Gasteiger partial charge on any atom is -0.350 e. The number of fused-ring (bicyclic) bond motifs is 10. The Hall–Kier alpha value is -5.71. The Morgan fingerprint density at radius 3 is 2.00 bits per heavy atom. The van der Waals surface area contributed by atoms with E-state index in [1.165, 1.54) is 69.4 Å². The van der Waals surface area contributed by atoms with Gasteiger partial charge in [0.15, 0.2) is 0 Å². The summed E-state index contributed by atoms with van der Waals surface area (Å²) in [6, 6.07) is 59.6. The van der Waals surface area contributed by atoms with Crippen molar-refractivity contribution in [3.8, 4) is 33.6 Å². The van der Waals surface area contributed by atoms with E-state index in [4.69, 9.17) is 0 Å². The van der Waals surface area contributed by atoms with E-state index in [-0.39, 0.29) is 20.1 Å². The van der Waals surface area contributed by atoms with Gasteiger partial charge in [0.05, 0.1) is 5.52 Å². The summed E-state index contributed by atoms with van der Waals surface area (Å²) in [5, 5.41) is 7.86. The summed E-state index contributed by atoms with van der Waals surface area (Å²) in [6.45, 7) is 0. The first kappa shape index (κ1) is 31.3. The van der Waals surface area contributed by atoms with Gasteiger partial charge in [-0.15, -0.1) is 71.0 Å². The van der Waals surface area contributed by atoms with Crippen LogP contribution in [0.4, 0.5) is 0 Å². The fourth-order valence-electron chi connectivity index (χ4n) is 7.32. The van der Waals surface area contributed by atoms with Crippen molar-refractivity contribution in [3.05, 3.63) is 176 Å². The molecule has 5 heteroatoms. The van der Waals surface area contributed by atoms with Gasteiger partial charge in [0, 0.05) is 69.0 Å². The largest absolute Gasteiger partial charge is 0.350 e. The Kier molecular flexibility index (Phi) is 7.90. The Labute approximate surface area is 312 Å². The molecule has 0 atom stereocenters. The van der Waals surface area contributed by atoms with E-state index >= 15 is 0 Å². The number of para-hydroxylation sites is 1. The van der Waals surface area contributed by atoms with Crippen LogP contribution in [-0.4, -0.2) is 14.4 Å². The summed E-state index contributed by atoms with van der Waals surface area (Å²) in [6.07, 6.45) is 3.64. The van der Waals surface area contributed by atoms with Crippen LogP contribution >= 0.6 is 11.3 Å². The number of hydrogen-bond acceptors (Lipinski definition) is 3. The van der Waals surface area contributed by atoms with Gasteiger partial charge in [-0.1, -0.05) is 84.2 Å².